The SMILES string of the molecule is Cc1ccc2c(c1)CCN(C(=O)NCC(C)C)C2c1cccnc1. The summed E-state index contributed by atoms with van der Waals surface area (Å²) in [5.74, 6) is 0.436. The van der Waals surface area contributed by atoms with Crippen molar-refractivity contribution in [1.29, 1.82) is 0 Å². The van der Waals surface area contributed by atoms with E-state index in [4.69, 9.17) is 0 Å². The number of nitrogens with one attached hydrogen (secondary N) is 1. The van der Waals surface area contributed by atoms with Crippen molar-refractivity contribution in [2.45, 2.75) is 33.2 Å². The van der Waals surface area contributed by atoms with Crippen LogP contribution < -0.4 is 5.32 Å². The molecule has 2 amide bonds. The van der Waals surface area contributed by atoms with Crippen molar-refractivity contribution in [2.75, 3.05) is 13.1 Å². The van der Waals surface area contributed by atoms with Gasteiger partial charge in [0.25, 0.3) is 0 Å². The summed E-state index contributed by atoms with van der Waals surface area (Å²) in [6.45, 7) is 7.73. The fourth-order valence-corrected chi connectivity index (χ4v) is 3.26. The molecule has 0 saturated carbocycles. The molecule has 0 saturated heterocycles. The summed E-state index contributed by atoms with van der Waals surface area (Å²) < 4.78 is 0. The van der Waals surface area contributed by atoms with Gasteiger partial charge in [0.05, 0.1) is 6.04 Å². The first-order valence-electron chi connectivity index (χ1n) is 8.60. The third-order valence-electron chi connectivity index (χ3n) is 4.45. The molecule has 0 aliphatic carbocycles. The molecule has 0 fully saturated rings. The molecule has 1 aromatic heterocycles. The number of amides is 2. The Labute approximate surface area is 143 Å². The molecule has 0 spiro atoms. The minimum Gasteiger partial charge on any atom is -0.338 e. The second-order valence-electron chi connectivity index (χ2n) is 6.91. The van der Waals surface area contributed by atoms with Gasteiger partial charge in [0.2, 0.25) is 0 Å². The molecule has 0 bridgehead atoms. The van der Waals surface area contributed by atoms with Crippen LogP contribution in [0.5, 0.6) is 0 Å². The Morgan fingerprint density at radius 1 is 1.38 bits per heavy atom. The molecule has 0 radical (unpaired) electrons. The van der Waals surface area contributed by atoms with Crippen molar-refractivity contribution in [3.05, 3.63) is 65.0 Å². The molecule has 2 aromatic rings. The lowest BCUT2D eigenvalue weighted by atomic mass is 9.88. The highest BCUT2D eigenvalue weighted by Gasteiger charge is 2.32. The van der Waals surface area contributed by atoms with E-state index in [1.54, 1.807) is 6.20 Å². The second-order valence-corrected chi connectivity index (χ2v) is 6.91. The second kappa shape index (κ2) is 7.04. The summed E-state index contributed by atoms with van der Waals surface area (Å²) in [4.78, 5) is 19.0. The standard InChI is InChI=1S/C20H25N3O/c1-14(2)12-22-20(24)23-10-8-16-11-15(3)6-7-18(16)19(23)17-5-4-9-21-13-17/h4-7,9,11,13-14,19H,8,10,12H2,1-3H3,(H,22,24). The van der Waals surface area contributed by atoms with Gasteiger partial charge in [0, 0.05) is 25.5 Å². The largest absolute Gasteiger partial charge is 0.338 e. The Hall–Kier alpha value is -2.36. The first-order valence-corrected chi connectivity index (χ1v) is 8.60. The third kappa shape index (κ3) is 3.42. The van der Waals surface area contributed by atoms with Crippen molar-refractivity contribution in [2.24, 2.45) is 5.92 Å². The Bertz CT molecular complexity index is 712. The molecule has 1 aliphatic heterocycles. The van der Waals surface area contributed by atoms with Crippen LogP contribution >= 0.6 is 0 Å². The van der Waals surface area contributed by atoms with Crippen molar-refractivity contribution in [3.8, 4) is 0 Å². The Morgan fingerprint density at radius 2 is 2.21 bits per heavy atom. The zero-order valence-electron chi connectivity index (χ0n) is 14.6. The molecule has 2 heterocycles. The number of pyridine rings is 1. The number of fused-ring (bicyclic) bond motifs is 1. The Morgan fingerprint density at radius 3 is 2.92 bits per heavy atom. The number of benzene rings is 1. The van der Waals surface area contributed by atoms with Crippen molar-refractivity contribution < 1.29 is 4.79 Å². The number of rotatable bonds is 3. The molecule has 3 rings (SSSR count). The van der Waals surface area contributed by atoms with Crippen LogP contribution in [0.1, 0.15) is 42.1 Å². The zero-order chi connectivity index (χ0) is 17.1. The van der Waals surface area contributed by atoms with E-state index in [1.807, 2.05) is 17.2 Å². The topological polar surface area (TPSA) is 45.2 Å². The van der Waals surface area contributed by atoms with E-state index in [0.29, 0.717) is 12.5 Å². The van der Waals surface area contributed by atoms with Gasteiger partial charge < -0.3 is 10.2 Å². The van der Waals surface area contributed by atoms with Gasteiger partial charge in [-0.25, -0.2) is 4.79 Å². The highest BCUT2D eigenvalue weighted by atomic mass is 16.2. The molecule has 1 aromatic carbocycles. The number of hydrogen-bond donors (Lipinski definition) is 1. The Kier molecular flexibility index (Phi) is 4.84. The van der Waals surface area contributed by atoms with Gasteiger partial charge in [-0.2, -0.15) is 0 Å². The molecule has 1 atom stereocenters. The number of aryl methyl sites for hydroxylation is 1. The fourth-order valence-electron chi connectivity index (χ4n) is 3.26. The number of carbonyl (C=O) groups excluding carboxylic acids is 1. The molecule has 24 heavy (non-hydrogen) atoms. The van der Waals surface area contributed by atoms with Crippen LogP contribution in [0.4, 0.5) is 4.79 Å². The predicted molar refractivity (Wildman–Crippen MR) is 95.9 cm³/mol. The summed E-state index contributed by atoms with van der Waals surface area (Å²) in [5, 5.41) is 3.06. The van der Waals surface area contributed by atoms with E-state index in [9.17, 15) is 4.79 Å². The highest BCUT2D eigenvalue weighted by Crippen LogP contribution is 2.35. The number of aromatic nitrogens is 1. The summed E-state index contributed by atoms with van der Waals surface area (Å²) in [5.41, 5.74) is 4.86. The summed E-state index contributed by atoms with van der Waals surface area (Å²) in [7, 11) is 0. The average molecular weight is 323 g/mol. The van der Waals surface area contributed by atoms with Gasteiger partial charge in [-0.1, -0.05) is 43.7 Å². The monoisotopic (exact) mass is 323 g/mol. The van der Waals surface area contributed by atoms with Crippen LogP contribution in [0, 0.1) is 12.8 Å². The van der Waals surface area contributed by atoms with E-state index >= 15 is 0 Å². The van der Waals surface area contributed by atoms with Crippen LogP contribution in [0.3, 0.4) is 0 Å². The first kappa shape index (κ1) is 16.5. The maximum absolute atomic E-state index is 12.8. The van der Waals surface area contributed by atoms with Crippen molar-refractivity contribution in [3.63, 3.8) is 0 Å². The lowest BCUT2D eigenvalue weighted by molar-refractivity contribution is 0.179. The zero-order valence-corrected chi connectivity index (χ0v) is 14.6. The van der Waals surface area contributed by atoms with E-state index in [0.717, 1.165) is 18.5 Å². The van der Waals surface area contributed by atoms with Crippen molar-refractivity contribution in [1.82, 2.24) is 15.2 Å². The third-order valence-corrected chi connectivity index (χ3v) is 4.45. The van der Waals surface area contributed by atoms with E-state index < -0.39 is 0 Å². The van der Waals surface area contributed by atoms with Gasteiger partial charge in [0.15, 0.2) is 0 Å². The number of carbonyl (C=O) groups is 1. The highest BCUT2D eigenvalue weighted by molar-refractivity contribution is 5.76. The number of urea groups is 1. The lowest BCUT2D eigenvalue weighted by Crippen LogP contribution is -2.46. The predicted octanol–water partition coefficient (Wildman–Crippen LogP) is 3.70. The van der Waals surface area contributed by atoms with Gasteiger partial charge in [-0.3, -0.25) is 4.98 Å². The van der Waals surface area contributed by atoms with E-state index in [2.05, 4.69) is 55.3 Å². The van der Waals surface area contributed by atoms with Crippen LogP contribution in [-0.2, 0) is 6.42 Å². The summed E-state index contributed by atoms with van der Waals surface area (Å²) >= 11 is 0. The summed E-state index contributed by atoms with van der Waals surface area (Å²) in [6, 6.07) is 10.4. The smallest absolute Gasteiger partial charge is 0.318 e. The molecule has 1 aliphatic rings. The first-order chi connectivity index (χ1) is 11.6. The van der Waals surface area contributed by atoms with Crippen molar-refractivity contribution >= 4 is 6.03 Å². The normalized spacial score (nSPS) is 16.8. The summed E-state index contributed by atoms with van der Waals surface area (Å²) in [6.07, 6.45) is 4.52. The quantitative estimate of drug-likeness (QED) is 0.936. The van der Waals surface area contributed by atoms with E-state index in [-0.39, 0.29) is 12.1 Å². The van der Waals surface area contributed by atoms with E-state index in [1.165, 1.54) is 16.7 Å². The lowest BCUT2D eigenvalue weighted by Gasteiger charge is -2.37. The minimum atomic E-state index is -0.0739. The maximum atomic E-state index is 12.8. The van der Waals surface area contributed by atoms with Gasteiger partial charge >= 0.3 is 6.03 Å². The Balaban J connectivity index is 1.97. The number of hydrogen-bond acceptors (Lipinski definition) is 2. The molecule has 1 unspecified atom stereocenters. The average Bonchev–Trinajstić information content (AvgIpc) is 2.59. The van der Waals surface area contributed by atoms with Gasteiger partial charge in [-0.15, -0.1) is 0 Å². The van der Waals surface area contributed by atoms with Crippen LogP contribution in [0.25, 0.3) is 0 Å². The minimum absolute atomic E-state index is 0.00350. The molecular weight excluding hydrogens is 298 g/mol. The van der Waals surface area contributed by atoms with Gasteiger partial charge in [-0.05, 0) is 42.0 Å². The van der Waals surface area contributed by atoms with Crippen LogP contribution in [0.15, 0.2) is 42.7 Å². The maximum Gasteiger partial charge on any atom is 0.318 e. The fraction of sp³-hybridized carbons (Fsp3) is 0.400. The number of nitrogens with zero attached hydrogens (tertiary/aromatic N) is 2. The van der Waals surface area contributed by atoms with Crippen LogP contribution in [-0.4, -0.2) is 29.0 Å². The molecule has 4 nitrogen and oxygen atoms in total. The molecule has 4 heteroatoms. The molecule has 126 valence electrons. The molecule has 1 N–H and O–H groups in total. The van der Waals surface area contributed by atoms with Gasteiger partial charge in [0.1, 0.15) is 0 Å². The van der Waals surface area contributed by atoms with Crippen LogP contribution in [0.2, 0.25) is 0 Å². The molecular formula is C20H25N3O.